The lowest BCUT2D eigenvalue weighted by atomic mass is 9.80. The third-order valence-electron chi connectivity index (χ3n) is 9.41. The summed E-state index contributed by atoms with van der Waals surface area (Å²) in [6, 6.07) is 34.8. The van der Waals surface area contributed by atoms with E-state index in [0.29, 0.717) is 13.0 Å². The highest BCUT2D eigenvalue weighted by Crippen LogP contribution is 2.41. The zero-order chi connectivity index (χ0) is 41.4. The van der Waals surface area contributed by atoms with Gasteiger partial charge in [-0.05, 0) is 50.5 Å². The summed E-state index contributed by atoms with van der Waals surface area (Å²) in [5, 5.41) is 3.17. The maximum atomic E-state index is 14.7. The number of carbonyl (C=O) groups excluding carboxylic acids is 1. The Balaban J connectivity index is 1.34. The second-order valence-electron chi connectivity index (χ2n) is 14.9. The maximum Gasteiger partial charge on any atom is 0.533 e. The van der Waals surface area contributed by atoms with Crippen LogP contribution in [0.15, 0.2) is 120 Å². The lowest BCUT2D eigenvalue weighted by molar-refractivity contribution is -0.729. The molecule has 0 aliphatic carbocycles. The molecule has 0 bridgehead atoms. The van der Waals surface area contributed by atoms with Gasteiger partial charge in [-0.1, -0.05) is 119 Å². The molecule has 0 radical (unpaired) electrons. The van der Waals surface area contributed by atoms with Crippen molar-refractivity contribution in [2.45, 2.75) is 62.3 Å². The summed E-state index contributed by atoms with van der Waals surface area (Å²) in [6.07, 6.45) is -1.20. The quantitative estimate of drug-likeness (QED) is 0.0489. The summed E-state index contributed by atoms with van der Waals surface area (Å²) in [7, 11) is -4.57. The number of rotatable bonds is 14. The standard InChI is InChI=1S/C43H48F2N5O6S2/c1-31(29-54-43(33-17-8-5-9-18-33,34-19-10-6-11-20-34)35-21-12-7-13-22-35)55-38-28-37(47-40(48-38)57-30-32-16-14-23-36(44)39(32)45)49-58(52,53)50(26-15-24-46-25-27-50)41(51)56-42(2,3)4/h5-14,16-23,28,31,46H,15,24-27,29-30H2,1-4H3,(H,47,48,49)/q+1/t31-,50?/m1/s1. The number of nitrogens with zero attached hydrogens (tertiary/aromatic N) is 3. The molecule has 2 heterocycles. The van der Waals surface area contributed by atoms with Crippen LogP contribution in [0.5, 0.6) is 5.88 Å². The normalized spacial score (nSPS) is 16.9. The van der Waals surface area contributed by atoms with E-state index in [0.717, 1.165) is 34.5 Å². The minimum Gasteiger partial charge on any atom is -0.472 e. The van der Waals surface area contributed by atoms with E-state index in [2.05, 4.69) is 20.0 Å². The zero-order valence-corrected chi connectivity index (χ0v) is 34.5. The second-order valence-corrected chi connectivity index (χ2v) is 17.7. The highest BCUT2D eigenvalue weighted by atomic mass is 32.2. The van der Waals surface area contributed by atoms with Crippen LogP contribution in [-0.2, 0) is 31.0 Å². The number of ether oxygens (including phenoxy) is 3. The van der Waals surface area contributed by atoms with Crippen molar-refractivity contribution >= 4 is 33.9 Å². The summed E-state index contributed by atoms with van der Waals surface area (Å²) in [5.74, 6) is -2.29. The SMILES string of the molecule is C[C@H](COC(c1ccccc1)(c1ccccc1)c1ccccc1)Oc1cc(NS(=O)(=O)[N+]2(C(=O)OC(C)(C)C)CCCNCC2)nc(SCc2cccc(F)c2F)n1. The predicted molar refractivity (Wildman–Crippen MR) is 219 cm³/mol. The highest BCUT2D eigenvalue weighted by Gasteiger charge is 2.53. The van der Waals surface area contributed by atoms with Gasteiger partial charge < -0.3 is 19.5 Å². The van der Waals surface area contributed by atoms with E-state index in [9.17, 15) is 22.0 Å². The van der Waals surface area contributed by atoms with E-state index in [-0.39, 0.29) is 54.4 Å². The lowest BCUT2D eigenvalue weighted by Crippen LogP contribution is -2.61. The van der Waals surface area contributed by atoms with Crippen molar-refractivity contribution in [3.05, 3.63) is 149 Å². The minimum atomic E-state index is -4.57. The van der Waals surface area contributed by atoms with Gasteiger partial charge in [-0.2, -0.15) is 18.2 Å². The van der Waals surface area contributed by atoms with Crippen LogP contribution in [-0.4, -0.2) is 72.9 Å². The van der Waals surface area contributed by atoms with Gasteiger partial charge in [-0.3, -0.25) is 0 Å². The fraction of sp³-hybridized carbons (Fsp3) is 0.326. The molecule has 0 spiro atoms. The van der Waals surface area contributed by atoms with Crippen LogP contribution in [0.4, 0.5) is 19.4 Å². The van der Waals surface area contributed by atoms with E-state index in [1.54, 1.807) is 27.7 Å². The average molecular weight is 833 g/mol. The van der Waals surface area contributed by atoms with Crippen LogP contribution in [0, 0.1) is 11.6 Å². The van der Waals surface area contributed by atoms with E-state index < -0.39 is 49.1 Å². The van der Waals surface area contributed by atoms with Crippen molar-refractivity contribution in [3.63, 3.8) is 0 Å². The number of anilines is 1. The molecule has 1 saturated heterocycles. The molecule has 5 aromatic rings. The van der Waals surface area contributed by atoms with E-state index in [1.165, 1.54) is 18.2 Å². The molecule has 4 aromatic carbocycles. The van der Waals surface area contributed by atoms with Crippen molar-refractivity contribution in [2.24, 2.45) is 0 Å². The number of hydrogen-bond acceptors (Lipinski definition) is 10. The Morgan fingerprint density at radius 3 is 2.05 bits per heavy atom. The first-order chi connectivity index (χ1) is 27.7. The molecule has 15 heteroatoms. The topological polar surface area (TPSA) is 129 Å². The van der Waals surface area contributed by atoms with Crippen molar-refractivity contribution in [3.8, 4) is 5.88 Å². The number of carbonyl (C=O) groups is 1. The predicted octanol–water partition coefficient (Wildman–Crippen LogP) is 8.23. The number of benzene rings is 4. The summed E-state index contributed by atoms with van der Waals surface area (Å²) in [5.41, 5.74) is 0.758. The Bertz CT molecular complexity index is 2160. The van der Waals surface area contributed by atoms with Gasteiger partial charge in [0.05, 0.1) is 6.61 Å². The van der Waals surface area contributed by atoms with E-state index in [1.807, 2.05) is 91.0 Å². The zero-order valence-electron chi connectivity index (χ0n) is 32.9. The fourth-order valence-corrected chi connectivity index (χ4v) is 8.98. The molecule has 0 saturated carbocycles. The van der Waals surface area contributed by atoms with Gasteiger partial charge in [0.2, 0.25) is 5.88 Å². The summed E-state index contributed by atoms with van der Waals surface area (Å²) < 4.78 is 78.0. The Morgan fingerprint density at radius 2 is 1.47 bits per heavy atom. The van der Waals surface area contributed by atoms with Crippen LogP contribution in [0.1, 0.15) is 56.4 Å². The van der Waals surface area contributed by atoms with E-state index in [4.69, 9.17) is 14.2 Å². The molecule has 1 aliphatic heterocycles. The maximum absolute atomic E-state index is 14.7. The summed E-state index contributed by atoms with van der Waals surface area (Å²) in [6.45, 7) is 7.46. The van der Waals surface area contributed by atoms with Crippen molar-refractivity contribution < 1.29 is 40.1 Å². The fourth-order valence-electron chi connectivity index (χ4n) is 6.68. The Morgan fingerprint density at radius 1 is 0.862 bits per heavy atom. The molecule has 2 atom stereocenters. The minimum absolute atomic E-state index is 0.0144. The Hall–Kier alpha value is -4.93. The smallest absolute Gasteiger partial charge is 0.472 e. The van der Waals surface area contributed by atoms with Crippen molar-refractivity contribution in [1.82, 2.24) is 15.3 Å². The molecule has 2 N–H and O–H groups in total. The molecule has 58 heavy (non-hydrogen) atoms. The molecule has 1 unspecified atom stereocenters. The first-order valence-electron chi connectivity index (χ1n) is 19.0. The number of hydrogen-bond donors (Lipinski definition) is 2. The number of nitrogens with one attached hydrogen (secondary N) is 2. The number of halogens is 2. The molecule has 306 valence electrons. The average Bonchev–Trinajstić information content (AvgIpc) is 3.47. The van der Waals surface area contributed by atoms with Crippen molar-refractivity contribution in [2.75, 3.05) is 37.5 Å². The summed E-state index contributed by atoms with van der Waals surface area (Å²) >= 11 is 0.958. The van der Waals surface area contributed by atoms with Gasteiger partial charge in [0, 0.05) is 36.9 Å². The third kappa shape index (κ3) is 9.84. The monoisotopic (exact) mass is 832 g/mol. The van der Waals surface area contributed by atoms with Gasteiger partial charge in [0.15, 0.2) is 22.6 Å². The molecule has 6 rings (SSSR count). The molecular formula is C43H48F2N5O6S2+. The first kappa shape index (κ1) is 42.7. The summed E-state index contributed by atoms with van der Waals surface area (Å²) in [4.78, 5) is 22.7. The number of quaternary nitrogens is 1. The molecule has 1 aromatic heterocycles. The van der Waals surface area contributed by atoms with Crippen molar-refractivity contribution in [1.29, 1.82) is 0 Å². The van der Waals surface area contributed by atoms with Gasteiger partial charge in [-0.15, -0.1) is 0 Å². The molecular weight excluding hydrogens is 785 g/mol. The van der Waals surface area contributed by atoms with Crippen LogP contribution in [0.2, 0.25) is 0 Å². The van der Waals surface area contributed by atoms with Crippen LogP contribution >= 0.6 is 11.8 Å². The second kappa shape index (κ2) is 18.3. The lowest BCUT2D eigenvalue weighted by Gasteiger charge is -2.36. The number of amides is 1. The van der Waals surface area contributed by atoms with Crippen LogP contribution in [0.25, 0.3) is 0 Å². The van der Waals surface area contributed by atoms with Gasteiger partial charge in [0.1, 0.15) is 30.4 Å². The molecule has 1 aliphatic rings. The molecule has 11 nitrogen and oxygen atoms in total. The largest absolute Gasteiger partial charge is 0.533 e. The third-order valence-corrected chi connectivity index (χ3v) is 12.2. The van der Waals surface area contributed by atoms with Crippen LogP contribution < -0.4 is 14.8 Å². The Kier molecular flexibility index (Phi) is 13.5. The highest BCUT2D eigenvalue weighted by molar-refractivity contribution is 7.98. The van der Waals surface area contributed by atoms with Gasteiger partial charge >= 0.3 is 16.3 Å². The van der Waals surface area contributed by atoms with Gasteiger partial charge in [0.25, 0.3) is 0 Å². The van der Waals surface area contributed by atoms with Gasteiger partial charge in [-0.25, -0.2) is 18.5 Å². The number of aromatic nitrogens is 2. The molecule has 1 amide bonds. The first-order valence-corrected chi connectivity index (χ1v) is 21.4. The Labute approximate surface area is 342 Å². The number of thioether (sulfide) groups is 1. The van der Waals surface area contributed by atoms with Crippen LogP contribution in [0.3, 0.4) is 0 Å². The van der Waals surface area contributed by atoms with E-state index >= 15 is 0 Å². The molecule has 1 fully saturated rings.